The van der Waals surface area contributed by atoms with Gasteiger partial charge in [-0.25, -0.2) is 0 Å². The van der Waals surface area contributed by atoms with Gasteiger partial charge in [0.1, 0.15) is 0 Å². The summed E-state index contributed by atoms with van der Waals surface area (Å²) >= 11 is 0. The molecule has 0 aliphatic carbocycles. The van der Waals surface area contributed by atoms with Gasteiger partial charge < -0.3 is 18.2 Å². The van der Waals surface area contributed by atoms with Crippen molar-refractivity contribution in [3.8, 4) is 11.5 Å². The number of nitrogens with zero attached hydrogens (tertiary/aromatic N) is 1. The zero-order valence-corrected chi connectivity index (χ0v) is 16.1. The Bertz CT molecular complexity index is 845. The highest BCUT2D eigenvalue weighted by Crippen LogP contribution is 2.30. The fourth-order valence-corrected chi connectivity index (χ4v) is 2.89. The summed E-state index contributed by atoms with van der Waals surface area (Å²) in [6, 6.07) is 8.18. The van der Waals surface area contributed by atoms with Crippen molar-refractivity contribution < 1.29 is 26.5 Å². The van der Waals surface area contributed by atoms with Crippen molar-refractivity contribution in [2.75, 3.05) is 13.4 Å². The summed E-state index contributed by atoms with van der Waals surface area (Å²) in [5.41, 5.74) is 0.713. The van der Waals surface area contributed by atoms with E-state index >= 15 is 0 Å². The van der Waals surface area contributed by atoms with Crippen molar-refractivity contribution in [2.24, 2.45) is 0 Å². The molecule has 0 saturated carbocycles. The van der Waals surface area contributed by atoms with Crippen LogP contribution < -0.4 is 8.92 Å². The first-order chi connectivity index (χ1) is 12.2. The molecule has 0 saturated heterocycles. The summed E-state index contributed by atoms with van der Waals surface area (Å²) in [4.78, 5) is 14.4. The van der Waals surface area contributed by atoms with E-state index in [1.54, 1.807) is 35.2 Å². The number of methoxy groups -OCH3 is 1. The van der Waals surface area contributed by atoms with Crippen LogP contribution in [0, 0.1) is 0 Å². The van der Waals surface area contributed by atoms with E-state index in [4.69, 9.17) is 13.3 Å². The normalized spacial score (nSPS) is 12.5. The Morgan fingerprint density at radius 2 is 2.00 bits per heavy atom. The van der Waals surface area contributed by atoms with Gasteiger partial charge in [-0.15, -0.1) is 0 Å². The lowest BCUT2D eigenvalue weighted by molar-refractivity contribution is 0.0638. The zero-order chi connectivity index (χ0) is 19.3. The summed E-state index contributed by atoms with van der Waals surface area (Å²) in [6.45, 7) is 4.20. The topological polar surface area (TPSA) is 86.0 Å². The van der Waals surface area contributed by atoms with Crippen LogP contribution >= 0.6 is 0 Å². The van der Waals surface area contributed by atoms with Gasteiger partial charge in [-0.1, -0.05) is 13.0 Å². The summed E-state index contributed by atoms with van der Waals surface area (Å²) in [7, 11) is -2.28. The van der Waals surface area contributed by atoms with E-state index in [0.717, 1.165) is 12.7 Å². The van der Waals surface area contributed by atoms with Crippen LogP contribution in [-0.2, 0) is 16.7 Å². The van der Waals surface area contributed by atoms with Crippen molar-refractivity contribution in [1.29, 1.82) is 0 Å². The second kappa shape index (κ2) is 8.27. The number of hydrogen-bond acceptors (Lipinski definition) is 6. The van der Waals surface area contributed by atoms with Crippen molar-refractivity contribution >= 4 is 16.0 Å². The molecule has 0 N–H and O–H groups in total. The van der Waals surface area contributed by atoms with Gasteiger partial charge in [-0.05, 0) is 43.2 Å². The number of carbonyl (C=O) groups is 1. The quantitative estimate of drug-likeness (QED) is 0.653. The Hall–Kier alpha value is -2.48. The molecule has 8 heteroatoms. The van der Waals surface area contributed by atoms with Gasteiger partial charge in [-0.3, -0.25) is 4.79 Å². The van der Waals surface area contributed by atoms with Crippen molar-refractivity contribution in [2.45, 2.75) is 32.9 Å². The largest absolute Gasteiger partial charge is 0.493 e. The molecule has 1 atom stereocenters. The van der Waals surface area contributed by atoms with Crippen LogP contribution in [0.25, 0.3) is 0 Å². The van der Waals surface area contributed by atoms with E-state index in [1.165, 1.54) is 13.4 Å². The van der Waals surface area contributed by atoms with Crippen LogP contribution in [-0.4, -0.2) is 38.6 Å². The van der Waals surface area contributed by atoms with Gasteiger partial charge in [-0.2, -0.15) is 8.42 Å². The van der Waals surface area contributed by atoms with E-state index < -0.39 is 10.1 Å². The number of carbonyl (C=O) groups excluding carboxylic acids is 1. The average Bonchev–Trinajstić information content (AvgIpc) is 3.12. The number of ether oxygens (including phenoxy) is 1. The highest BCUT2D eigenvalue weighted by Gasteiger charge is 2.23. The maximum Gasteiger partial charge on any atom is 0.306 e. The molecule has 2 rings (SSSR count). The summed E-state index contributed by atoms with van der Waals surface area (Å²) in [6.07, 6.45) is 3.17. The number of amides is 1. The minimum atomic E-state index is -3.70. The van der Waals surface area contributed by atoms with Crippen LogP contribution in [0.1, 0.15) is 36.4 Å². The third-order valence-corrected chi connectivity index (χ3v) is 4.42. The van der Waals surface area contributed by atoms with Gasteiger partial charge in [0.15, 0.2) is 17.3 Å². The van der Waals surface area contributed by atoms with E-state index in [-0.39, 0.29) is 30.0 Å². The molecule has 142 valence electrons. The second-order valence-corrected chi connectivity index (χ2v) is 7.52. The molecule has 7 nitrogen and oxygen atoms in total. The first-order valence-corrected chi connectivity index (χ1v) is 9.97. The minimum Gasteiger partial charge on any atom is -0.493 e. The molecule has 2 aromatic rings. The molecule has 0 radical (unpaired) electrons. The monoisotopic (exact) mass is 381 g/mol. The SMILES string of the molecule is CC[C@@H](C)N(Cc1ccc(OC)c(OS(C)(=O)=O)c1)C(=O)c1ccco1. The molecule has 1 heterocycles. The van der Waals surface area contributed by atoms with Gasteiger partial charge in [0.05, 0.1) is 19.6 Å². The first-order valence-electron chi connectivity index (χ1n) is 8.16. The Morgan fingerprint density at radius 1 is 1.27 bits per heavy atom. The minimum absolute atomic E-state index is 0.0334. The Kier molecular flexibility index (Phi) is 6.31. The van der Waals surface area contributed by atoms with Gasteiger partial charge in [0, 0.05) is 12.6 Å². The Morgan fingerprint density at radius 3 is 2.54 bits per heavy atom. The molecule has 26 heavy (non-hydrogen) atoms. The van der Waals surface area contributed by atoms with E-state index in [9.17, 15) is 13.2 Å². The van der Waals surface area contributed by atoms with Crippen molar-refractivity contribution in [1.82, 2.24) is 4.90 Å². The Labute approximate surface area is 153 Å². The smallest absolute Gasteiger partial charge is 0.306 e. The number of benzene rings is 1. The molecule has 1 aromatic heterocycles. The van der Waals surface area contributed by atoms with Gasteiger partial charge >= 0.3 is 10.1 Å². The van der Waals surface area contributed by atoms with Crippen molar-refractivity contribution in [3.63, 3.8) is 0 Å². The van der Waals surface area contributed by atoms with Crippen molar-refractivity contribution in [3.05, 3.63) is 47.9 Å². The first kappa shape index (κ1) is 19.8. The molecule has 0 aliphatic heterocycles. The molecular formula is C18H23NO6S. The maximum atomic E-state index is 12.7. The predicted molar refractivity (Wildman–Crippen MR) is 96.8 cm³/mol. The summed E-state index contributed by atoms with van der Waals surface area (Å²) in [5.74, 6) is 0.408. The second-order valence-electron chi connectivity index (χ2n) is 5.94. The average molecular weight is 381 g/mol. The highest BCUT2D eigenvalue weighted by molar-refractivity contribution is 7.86. The third kappa shape index (κ3) is 5.01. The lowest BCUT2D eigenvalue weighted by Crippen LogP contribution is -2.37. The molecule has 0 bridgehead atoms. The van der Waals surface area contributed by atoms with E-state index in [1.807, 2.05) is 13.8 Å². The highest BCUT2D eigenvalue weighted by atomic mass is 32.2. The van der Waals surface area contributed by atoms with Crippen LogP contribution in [0.5, 0.6) is 11.5 Å². The fraction of sp³-hybridized carbons (Fsp3) is 0.389. The standard InChI is InChI=1S/C18H23NO6S/c1-5-13(2)19(18(20)16-7-6-10-24-16)12-14-8-9-15(23-3)17(11-14)25-26(4,21)22/h6-11,13H,5,12H2,1-4H3/t13-/m1/s1. The molecule has 1 amide bonds. The van der Waals surface area contributed by atoms with Crippen LogP contribution in [0.4, 0.5) is 0 Å². The van der Waals surface area contributed by atoms with E-state index in [2.05, 4.69) is 0 Å². The fourth-order valence-electron chi connectivity index (χ4n) is 2.43. The van der Waals surface area contributed by atoms with Crippen LogP contribution in [0.15, 0.2) is 41.0 Å². The molecular weight excluding hydrogens is 358 g/mol. The van der Waals surface area contributed by atoms with E-state index in [0.29, 0.717) is 11.3 Å². The molecule has 0 fully saturated rings. The number of hydrogen-bond donors (Lipinski definition) is 0. The van der Waals surface area contributed by atoms with Gasteiger partial charge in [0.25, 0.3) is 5.91 Å². The maximum absolute atomic E-state index is 12.7. The summed E-state index contributed by atoms with van der Waals surface area (Å²) in [5, 5.41) is 0. The number of rotatable bonds is 8. The molecule has 0 unspecified atom stereocenters. The summed E-state index contributed by atoms with van der Waals surface area (Å²) < 4.78 is 38.3. The number of furan rings is 1. The molecule has 1 aromatic carbocycles. The third-order valence-electron chi connectivity index (χ3n) is 3.94. The lowest BCUT2D eigenvalue weighted by atomic mass is 10.1. The predicted octanol–water partition coefficient (Wildman–Crippen LogP) is 3.07. The molecule has 0 spiro atoms. The Balaban J connectivity index is 2.33. The van der Waals surface area contributed by atoms with Crippen LogP contribution in [0.2, 0.25) is 0 Å². The van der Waals surface area contributed by atoms with Gasteiger partial charge in [0.2, 0.25) is 0 Å². The molecule has 0 aliphatic rings. The lowest BCUT2D eigenvalue weighted by Gasteiger charge is -2.28. The van der Waals surface area contributed by atoms with Crippen LogP contribution in [0.3, 0.4) is 0 Å². The zero-order valence-electron chi connectivity index (χ0n) is 15.3.